The highest BCUT2D eigenvalue weighted by Crippen LogP contribution is 2.30. The number of nitrogens with one attached hydrogen (secondary N) is 1. The number of aromatic nitrogens is 2. The third kappa shape index (κ3) is 2.52. The second-order valence-corrected chi connectivity index (χ2v) is 4.30. The molecule has 90 valence electrons. The minimum Gasteiger partial charge on any atom is -0.496 e. The third-order valence-electron chi connectivity index (χ3n) is 2.37. The SMILES string of the molecule is COc1cccc(F)c1C(C)Nc1nncs1. The van der Waals surface area contributed by atoms with Gasteiger partial charge in [0.1, 0.15) is 17.1 Å². The van der Waals surface area contributed by atoms with E-state index in [0.29, 0.717) is 16.4 Å². The number of hydrogen-bond donors (Lipinski definition) is 1. The molecule has 0 radical (unpaired) electrons. The van der Waals surface area contributed by atoms with Crippen molar-refractivity contribution < 1.29 is 9.13 Å². The molecule has 0 bridgehead atoms. The van der Waals surface area contributed by atoms with Gasteiger partial charge in [-0.25, -0.2) is 4.39 Å². The van der Waals surface area contributed by atoms with Crippen LogP contribution in [0.2, 0.25) is 0 Å². The molecular formula is C11H12FN3OS. The van der Waals surface area contributed by atoms with Gasteiger partial charge in [-0.1, -0.05) is 17.4 Å². The smallest absolute Gasteiger partial charge is 0.205 e. The monoisotopic (exact) mass is 253 g/mol. The Morgan fingerprint density at radius 1 is 1.47 bits per heavy atom. The van der Waals surface area contributed by atoms with Crippen molar-refractivity contribution in [3.8, 4) is 5.75 Å². The van der Waals surface area contributed by atoms with E-state index in [1.807, 2.05) is 6.92 Å². The maximum Gasteiger partial charge on any atom is 0.205 e. The largest absolute Gasteiger partial charge is 0.496 e. The lowest BCUT2D eigenvalue weighted by atomic mass is 10.1. The van der Waals surface area contributed by atoms with Crippen LogP contribution in [0.15, 0.2) is 23.7 Å². The molecule has 0 aliphatic rings. The predicted molar refractivity (Wildman–Crippen MR) is 64.9 cm³/mol. The summed E-state index contributed by atoms with van der Waals surface area (Å²) in [6.07, 6.45) is 0. The maximum atomic E-state index is 13.8. The number of methoxy groups -OCH3 is 1. The van der Waals surface area contributed by atoms with Crippen molar-refractivity contribution in [2.75, 3.05) is 12.4 Å². The number of ether oxygens (including phenoxy) is 1. The third-order valence-corrected chi connectivity index (χ3v) is 2.99. The van der Waals surface area contributed by atoms with Gasteiger partial charge in [0.05, 0.1) is 18.7 Å². The fraction of sp³-hybridized carbons (Fsp3) is 0.273. The van der Waals surface area contributed by atoms with Crippen LogP contribution < -0.4 is 10.1 Å². The first kappa shape index (κ1) is 11.8. The quantitative estimate of drug-likeness (QED) is 0.910. The Morgan fingerprint density at radius 2 is 2.29 bits per heavy atom. The van der Waals surface area contributed by atoms with Crippen molar-refractivity contribution >= 4 is 16.5 Å². The molecule has 1 aromatic heterocycles. The Labute approximate surface area is 102 Å². The molecule has 0 aliphatic carbocycles. The van der Waals surface area contributed by atoms with E-state index in [2.05, 4.69) is 15.5 Å². The van der Waals surface area contributed by atoms with E-state index in [1.54, 1.807) is 17.6 Å². The van der Waals surface area contributed by atoms with E-state index in [1.165, 1.54) is 24.5 Å². The van der Waals surface area contributed by atoms with Crippen LogP contribution in [-0.4, -0.2) is 17.3 Å². The highest BCUT2D eigenvalue weighted by atomic mass is 32.1. The van der Waals surface area contributed by atoms with Crippen molar-refractivity contribution in [1.82, 2.24) is 10.2 Å². The van der Waals surface area contributed by atoms with Crippen LogP contribution in [0, 0.1) is 5.82 Å². The zero-order valence-electron chi connectivity index (χ0n) is 9.48. The van der Waals surface area contributed by atoms with Gasteiger partial charge >= 0.3 is 0 Å². The molecule has 2 aromatic rings. The van der Waals surface area contributed by atoms with Gasteiger partial charge in [0.15, 0.2) is 0 Å². The van der Waals surface area contributed by atoms with Crippen molar-refractivity contribution in [3.63, 3.8) is 0 Å². The lowest BCUT2D eigenvalue weighted by molar-refractivity contribution is 0.402. The zero-order valence-corrected chi connectivity index (χ0v) is 10.3. The summed E-state index contributed by atoms with van der Waals surface area (Å²) in [6, 6.07) is 4.53. The van der Waals surface area contributed by atoms with Gasteiger partial charge < -0.3 is 10.1 Å². The number of hydrogen-bond acceptors (Lipinski definition) is 5. The summed E-state index contributed by atoms with van der Waals surface area (Å²) in [5.74, 6) is 0.225. The van der Waals surface area contributed by atoms with E-state index < -0.39 is 0 Å². The molecule has 0 saturated heterocycles. The molecule has 4 nitrogen and oxygen atoms in total. The molecule has 6 heteroatoms. The molecule has 17 heavy (non-hydrogen) atoms. The molecule has 0 spiro atoms. The van der Waals surface area contributed by atoms with Gasteiger partial charge in [-0.05, 0) is 19.1 Å². The first-order valence-electron chi connectivity index (χ1n) is 5.07. The molecular weight excluding hydrogens is 241 g/mol. The highest BCUT2D eigenvalue weighted by Gasteiger charge is 2.17. The number of halogens is 1. The maximum absolute atomic E-state index is 13.8. The fourth-order valence-electron chi connectivity index (χ4n) is 1.61. The van der Waals surface area contributed by atoms with Gasteiger partial charge in [-0.3, -0.25) is 0 Å². The minimum atomic E-state index is -0.297. The summed E-state index contributed by atoms with van der Waals surface area (Å²) in [7, 11) is 1.52. The zero-order chi connectivity index (χ0) is 12.3. The van der Waals surface area contributed by atoms with Crippen LogP contribution in [0.1, 0.15) is 18.5 Å². The number of benzene rings is 1. The summed E-state index contributed by atoms with van der Waals surface area (Å²) in [6.45, 7) is 1.85. The summed E-state index contributed by atoms with van der Waals surface area (Å²) < 4.78 is 18.9. The predicted octanol–water partition coefficient (Wildman–Crippen LogP) is 2.86. The molecule has 2 rings (SSSR count). The summed E-state index contributed by atoms with van der Waals surface area (Å²) in [5.41, 5.74) is 2.11. The highest BCUT2D eigenvalue weighted by molar-refractivity contribution is 7.13. The van der Waals surface area contributed by atoms with Gasteiger partial charge in [-0.2, -0.15) is 0 Å². The molecule has 1 aromatic carbocycles. The normalized spacial score (nSPS) is 12.2. The second-order valence-electron chi connectivity index (χ2n) is 3.47. The number of rotatable bonds is 4. The molecule has 1 heterocycles. The van der Waals surface area contributed by atoms with Gasteiger partial charge in [0.25, 0.3) is 0 Å². The lowest BCUT2D eigenvalue weighted by Crippen LogP contribution is -2.10. The molecule has 1 atom stereocenters. The standard InChI is InChI=1S/C11H12FN3OS/c1-7(14-11-15-13-6-17-11)10-8(12)4-3-5-9(10)16-2/h3-7H,1-2H3,(H,14,15). The molecule has 0 fully saturated rings. The Bertz CT molecular complexity index is 489. The Balaban J connectivity index is 2.26. The lowest BCUT2D eigenvalue weighted by Gasteiger charge is -2.17. The summed E-state index contributed by atoms with van der Waals surface area (Å²) >= 11 is 1.37. The molecule has 0 amide bonds. The van der Waals surface area contributed by atoms with Gasteiger partial charge in [-0.15, -0.1) is 10.2 Å². The topological polar surface area (TPSA) is 47.0 Å². The Morgan fingerprint density at radius 3 is 2.94 bits per heavy atom. The van der Waals surface area contributed by atoms with Crippen LogP contribution in [0.25, 0.3) is 0 Å². The molecule has 0 saturated carbocycles. The van der Waals surface area contributed by atoms with Crippen LogP contribution in [-0.2, 0) is 0 Å². The Hall–Kier alpha value is -1.69. The van der Waals surface area contributed by atoms with Crippen LogP contribution in [0.5, 0.6) is 5.75 Å². The second kappa shape index (κ2) is 5.09. The first-order chi connectivity index (χ1) is 8.22. The van der Waals surface area contributed by atoms with E-state index >= 15 is 0 Å². The average molecular weight is 253 g/mol. The fourth-order valence-corrected chi connectivity index (χ4v) is 2.14. The van der Waals surface area contributed by atoms with Crippen LogP contribution in [0.4, 0.5) is 9.52 Å². The van der Waals surface area contributed by atoms with Crippen molar-refractivity contribution in [3.05, 3.63) is 35.1 Å². The summed E-state index contributed by atoms with van der Waals surface area (Å²) in [5, 5.41) is 11.3. The van der Waals surface area contributed by atoms with Crippen molar-refractivity contribution in [2.45, 2.75) is 13.0 Å². The first-order valence-corrected chi connectivity index (χ1v) is 5.95. The average Bonchev–Trinajstić information content (AvgIpc) is 2.81. The van der Waals surface area contributed by atoms with Crippen LogP contribution in [0.3, 0.4) is 0 Å². The molecule has 1 N–H and O–H groups in total. The Kier molecular flexibility index (Phi) is 3.53. The number of anilines is 1. The van der Waals surface area contributed by atoms with Crippen molar-refractivity contribution in [2.24, 2.45) is 0 Å². The van der Waals surface area contributed by atoms with Gasteiger partial charge in [0, 0.05) is 0 Å². The van der Waals surface area contributed by atoms with E-state index in [4.69, 9.17) is 4.74 Å². The van der Waals surface area contributed by atoms with Crippen LogP contribution >= 0.6 is 11.3 Å². The van der Waals surface area contributed by atoms with E-state index in [-0.39, 0.29) is 11.9 Å². The minimum absolute atomic E-state index is 0.237. The summed E-state index contributed by atoms with van der Waals surface area (Å²) in [4.78, 5) is 0. The molecule has 0 aliphatic heterocycles. The van der Waals surface area contributed by atoms with Gasteiger partial charge in [0.2, 0.25) is 5.13 Å². The number of nitrogens with zero attached hydrogens (tertiary/aromatic N) is 2. The van der Waals surface area contributed by atoms with Crippen molar-refractivity contribution in [1.29, 1.82) is 0 Å². The van der Waals surface area contributed by atoms with E-state index in [0.717, 1.165) is 0 Å². The molecule has 1 unspecified atom stereocenters. The van der Waals surface area contributed by atoms with E-state index in [9.17, 15) is 4.39 Å².